The van der Waals surface area contributed by atoms with Crippen LogP contribution >= 0.6 is 11.3 Å². The number of thiophene rings is 1. The molecule has 2 atom stereocenters. The predicted octanol–water partition coefficient (Wildman–Crippen LogP) is 5.30. The molecular weight excluding hydrogens is 423 g/mol. The highest BCUT2D eigenvalue weighted by Crippen LogP contribution is 2.37. The van der Waals surface area contributed by atoms with Gasteiger partial charge in [0.05, 0.1) is 11.6 Å². The fourth-order valence-electron chi connectivity index (χ4n) is 4.25. The van der Waals surface area contributed by atoms with E-state index in [0.717, 1.165) is 17.5 Å². The molecule has 32 heavy (non-hydrogen) atoms. The molecular formula is C26H27FN2O2S. The van der Waals surface area contributed by atoms with Crippen LogP contribution in [-0.4, -0.2) is 40.7 Å². The highest BCUT2D eigenvalue weighted by molar-refractivity contribution is 7.10. The molecule has 0 saturated heterocycles. The summed E-state index contributed by atoms with van der Waals surface area (Å²) >= 11 is 1.72. The number of nitrogens with zero attached hydrogens (tertiary/aromatic N) is 2. The quantitative estimate of drug-likeness (QED) is 0.511. The van der Waals surface area contributed by atoms with E-state index in [1.165, 1.54) is 21.9 Å². The largest absolute Gasteiger partial charge is 0.330 e. The van der Waals surface area contributed by atoms with E-state index in [0.29, 0.717) is 13.0 Å². The maximum Gasteiger partial charge on any atom is 0.257 e. The third kappa shape index (κ3) is 4.32. The minimum Gasteiger partial charge on any atom is -0.330 e. The molecule has 0 fully saturated rings. The van der Waals surface area contributed by atoms with Crippen molar-refractivity contribution in [3.63, 3.8) is 0 Å². The van der Waals surface area contributed by atoms with Crippen LogP contribution in [0.5, 0.6) is 0 Å². The molecule has 1 aliphatic heterocycles. The molecule has 2 amide bonds. The highest BCUT2D eigenvalue weighted by atomic mass is 32.1. The van der Waals surface area contributed by atoms with Crippen LogP contribution in [0, 0.1) is 5.82 Å². The Labute approximate surface area is 192 Å². The number of hydrogen-bond acceptors (Lipinski definition) is 3. The molecule has 166 valence electrons. The summed E-state index contributed by atoms with van der Waals surface area (Å²) in [6, 6.07) is 17.7. The highest BCUT2D eigenvalue weighted by Gasteiger charge is 2.35. The first-order valence-electron chi connectivity index (χ1n) is 11.0. The first kappa shape index (κ1) is 22.2. The van der Waals surface area contributed by atoms with Crippen molar-refractivity contribution in [2.75, 3.05) is 13.1 Å². The van der Waals surface area contributed by atoms with Crippen LogP contribution in [0.25, 0.3) is 0 Å². The van der Waals surface area contributed by atoms with E-state index in [1.807, 2.05) is 49.1 Å². The average molecular weight is 451 g/mol. The summed E-state index contributed by atoms with van der Waals surface area (Å²) in [7, 11) is 0. The van der Waals surface area contributed by atoms with Crippen LogP contribution in [0.1, 0.15) is 52.7 Å². The van der Waals surface area contributed by atoms with E-state index in [2.05, 4.69) is 11.4 Å². The Morgan fingerprint density at radius 2 is 1.84 bits per heavy atom. The summed E-state index contributed by atoms with van der Waals surface area (Å²) in [5, 5.41) is 2.07. The van der Waals surface area contributed by atoms with Crippen molar-refractivity contribution in [1.29, 1.82) is 0 Å². The SMILES string of the molecule is CCC(C)N(CC(=O)N1CCc2sccc2C1c1ccccc1)C(=O)c1ccccc1F. The molecule has 2 aromatic carbocycles. The lowest BCUT2D eigenvalue weighted by atomic mass is 9.93. The average Bonchev–Trinajstić information content (AvgIpc) is 3.30. The molecule has 2 unspecified atom stereocenters. The van der Waals surface area contributed by atoms with Crippen molar-refractivity contribution in [2.24, 2.45) is 0 Å². The van der Waals surface area contributed by atoms with E-state index >= 15 is 0 Å². The Bertz CT molecular complexity index is 1100. The van der Waals surface area contributed by atoms with E-state index in [9.17, 15) is 14.0 Å². The lowest BCUT2D eigenvalue weighted by molar-refractivity contribution is -0.134. The van der Waals surface area contributed by atoms with Gasteiger partial charge in [-0.3, -0.25) is 9.59 Å². The zero-order valence-corrected chi connectivity index (χ0v) is 19.1. The Kier molecular flexibility index (Phi) is 6.70. The molecule has 6 heteroatoms. The molecule has 3 aromatic rings. The van der Waals surface area contributed by atoms with Gasteiger partial charge in [-0.25, -0.2) is 4.39 Å². The fraction of sp³-hybridized carbons (Fsp3) is 0.308. The van der Waals surface area contributed by atoms with E-state index in [1.54, 1.807) is 23.5 Å². The summed E-state index contributed by atoms with van der Waals surface area (Å²) in [6.45, 7) is 4.37. The van der Waals surface area contributed by atoms with Gasteiger partial charge in [-0.05, 0) is 54.5 Å². The van der Waals surface area contributed by atoms with Crippen LogP contribution in [0.2, 0.25) is 0 Å². The number of carbonyl (C=O) groups excluding carboxylic acids is 2. The van der Waals surface area contributed by atoms with Gasteiger partial charge in [0.25, 0.3) is 5.91 Å². The minimum atomic E-state index is -0.568. The van der Waals surface area contributed by atoms with Crippen molar-refractivity contribution in [3.8, 4) is 0 Å². The second-order valence-corrected chi connectivity index (χ2v) is 9.12. The van der Waals surface area contributed by atoms with Gasteiger partial charge in [0.1, 0.15) is 12.4 Å². The minimum absolute atomic E-state index is 0.000950. The number of fused-ring (bicyclic) bond motifs is 1. The molecule has 0 saturated carbocycles. The van der Waals surface area contributed by atoms with Crippen molar-refractivity contribution in [1.82, 2.24) is 9.80 Å². The summed E-state index contributed by atoms with van der Waals surface area (Å²) in [4.78, 5) is 31.5. The molecule has 4 nitrogen and oxygen atoms in total. The topological polar surface area (TPSA) is 40.6 Å². The third-order valence-electron chi connectivity index (χ3n) is 6.20. The number of hydrogen-bond donors (Lipinski definition) is 0. The molecule has 1 aliphatic rings. The first-order valence-corrected chi connectivity index (χ1v) is 11.8. The zero-order valence-electron chi connectivity index (χ0n) is 18.3. The first-order chi connectivity index (χ1) is 15.5. The van der Waals surface area contributed by atoms with Gasteiger partial charge in [-0.15, -0.1) is 11.3 Å². The van der Waals surface area contributed by atoms with Crippen LogP contribution < -0.4 is 0 Å². The number of carbonyl (C=O) groups is 2. The number of halogens is 1. The number of amides is 2. The lowest BCUT2D eigenvalue weighted by Gasteiger charge is -2.38. The molecule has 0 aliphatic carbocycles. The Morgan fingerprint density at radius 3 is 2.56 bits per heavy atom. The smallest absolute Gasteiger partial charge is 0.257 e. The maximum absolute atomic E-state index is 14.3. The van der Waals surface area contributed by atoms with Gasteiger partial charge in [0.15, 0.2) is 0 Å². The Morgan fingerprint density at radius 1 is 1.12 bits per heavy atom. The Balaban J connectivity index is 1.64. The zero-order chi connectivity index (χ0) is 22.7. The van der Waals surface area contributed by atoms with E-state index in [-0.39, 0.29) is 30.1 Å². The molecule has 0 spiro atoms. The molecule has 1 aromatic heterocycles. The van der Waals surface area contributed by atoms with Crippen LogP contribution in [0.4, 0.5) is 4.39 Å². The standard InChI is InChI=1S/C26H27FN2O2S/c1-3-18(2)29(26(31)20-11-7-8-12-22(20)27)17-24(30)28-15-13-23-21(14-16-32-23)25(28)19-9-5-4-6-10-19/h4-12,14,16,18,25H,3,13,15,17H2,1-2H3. The van der Waals surface area contributed by atoms with Gasteiger partial charge in [0, 0.05) is 17.5 Å². The second-order valence-electron chi connectivity index (χ2n) is 8.12. The van der Waals surface area contributed by atoms with Gasteiger partial charge in [0.2, 0.25) is 5.91 Å². The third-order valence-corrected chi connectivity index (χ3v) is 7.19. The number of benzene rings is 2. The van der Waals surface area contributed by atoms with Crippen molar-refractivity contribution >= 4 is 23.2 Å². The molecule has 0 N–H and O–H groups in total. The Hall–Kier alpha value is -2.99. The monoisotopic (exact) mass is 450 g/mol. The second kappa shape index (κ2) is 9.65. The fourth-order valence-corrected chi connectivity index (χ4v) is 5.16. The molecule has 2 heterocycles. The van der Waals surface area contributed by atoms with Crippen LogP contribution in [0.3, 0.4) is 0 Å². The van der Waals surface area contributed by atoms with E-state index in [4.69, 9.17) is 0 Å². The van der Waals surface area contributed by atoms with Crippen molar-refractivity contribution < 1.29 is 14.0 Å². The summed E-state index contributed by atoms with van der Waals surface area (Å²) in [6.07, 6.45) is 1.47. The normalized spacial score (nSPS) is 16.3. The van der Waals surface area contributed by atoms with Gasteiger partial charge in [-0.2, -0.15) is 0 Å². The predicted molar refractivity (Wildman–Crippen MR) is 125 cm³/mol. The maximum atomic E-state index is 14.3. The summed E-state index contributed by atoms with van der Waals surface area (Å²) in [5.74, 6) is -1.14. The lowest BCUT2D eigenvalue weighted by Crippen LogP contribution is -2.49. The van der Waals surface area contributed by atoms with Crippen LogP contribution in [-0.2, 0) is 11.2 Å². The van der Waals surface area contributed by atoms with Crippen molar-refractivity contribution in [2.45, 2.75) is 38.8 Å². The molecule has 0 radical (unpaired) electrons. The van der Waals surface area contributed by atoms with Gasteiger partial charge < -0.3 is 9.80 Å². The summed E-state index contributed by atoms with van der Waals surface area (Å²) < 4.78 is 14.3. The van der Waals surface area contributed by atoms with Gasteiger partial charge in [-0.1, -0.05) is 49.4 Å². The van der Waals surface area contributed by atoms with Crippen LogP contribution in [0.15, 0.2) is 66.0 Å². The van der Waals surface area contributed by atoms with Gasteiger partial charge >= 0.3 is 0 Å². The van der Waals surface area contributed by atoms with Crippen molar-refractivity contribution in [3.05, 3.63) is 93.4 Å². The molecule has 0 bridgehead atoms. The summed E-state index contributed by atoms with van der Waals surface area (Å²) in [5.41, 5.74) is 2.20. The van der Waals surface area contributed by atoms with E-state index < -0.39 is 11.7 Å². The molecule has 4 rings (SSSR count). The number of rotatable bonds is 6.